The smallest absolute Gasteiger partial charge is 0.305 e. The Morgan fingerprint density at radius 2 is 2.00 bits per heavy atom. The molecule has 0 amide bonds. The molecule has 2 heterocycles. The van der Waals surface area contributed by atoms with Crippen LogP contribution >= 0.6 is 0 Å². The minimum absolute atomic E-state index is 0.191. The van der Waals surface area contributed by atoms with Crippen molar-refractivity contribution in [3.05, 3.63) is 0 Å². The monoisotopic (exact) mass is 317 g/mol. The lowest BCUT2D eigenvalue weighted by Gasteiger charge is -2.28. The number of rotatable bonds is 7. The number of hydrogen-bond donors (Lipinski definition) is 1. The maximum Gasteiger partial charge on any atom is 0.305 e. The average molecular weight is 317 g/mol. The summed E-state index contributed by atoms with van der Waals surface area (Å²) in [5, 5.41) is 0. The van der Waals surface area contributed by atoms with Gasteiger partial charge in [0.05, 0.1) is 7.11 Å². The van der Waals surface area contributed by atoms with Crippen LogP contribution in [0.4, 0.5) is 0 Å². The number of hydrogen-bond acceptors (Lipinski definition) is 7. The van der Waals surface area contributed by atoms with Gasteiger partial charge in [-0.25, -0.2) is 0 Å². The second kappa shape index (κ2) is 7.23. The molecule has 0 aromatic rings. The van der Waals surface area contributed by atoms with Gasteiger partial charge in [0.25, 0.3) is 0 Å². The Balaban J connectivity index is 1.81. The number of ether oxygens (including phenoxy) is 5. The molecule has 2 aliphatic heterocycles. The average Bonchev–Trinajstić information content (AvgIpc) is 2.94. The van der Waals surface area contributed by atoms with Crippen molar-refractivity contribution in [1.29, 1.82) is 0 Å². The molecule has 0 unspecified atom stereocenters. The van der Waals surface area contributed by atoms with Crippen LogP contribution in [0.5, 0.6) is 0 Å². The highest BCUT2D eigenvalue weighted by Crippen LogP contribution is 2.39. The minimum Gasteiger partial charge on any atom is -0.469 e. The molecule has 2 aliphatic rings. The molecule has 0 bridgehead atoms. The maximum absolute atomic E-state index is 11.1. The van der Waals surface area contributed by atoms with Gasteiger partial charge < -0.3 is 29.4 Å². The van der Waals surface area contributed by atoms with Crippen LogP contribution in [-0.4, -0.2) is 56.6 Å². The van der Waals surface area contributed by atoms with E-state index in [2.05, 4.69) is 4.74 Å². The Hall–Kier alpha value is -0.730. The normalized spacial score (nSPS) is 34.4. The molecule has 2 rings (SSSR count). The standard InChI is InChI=1S/C15H27NO6/c1-15(2)21-13-12(19-4)11(20-14(13)22-15)9(16)7-5-6-8-10(17)18-3/h9,11-14H,5-8,16H2,1-4H3/t9-,11+,12-,13+,14+/m0/s1. The number of fused-ring (bicyclic) bond motifs is 1. The van der Waals surface area contributed by atoms with Gasteiger partial charge in [0.2, 0.25) is 0 Å². The first kappa shape index (κ1) is 17.6. The first-order valence-electron chi connectivity index (χ1n) is 7.74. The molecule has 7 heteroatoms. The fraction of sp³-hybridized carbons (Fsp3) is 0.933. The second-order valence-electron chi connectivity index (χ2n) is 6.26. The molecule has 5 atom stereocenters. The van der Waals surface area contributed by atoms with Crippen molar-refractivity contribution < 1.29 is 28.5 Å². The van der Waals surface area contributed by atoms with Crippen molar-refractivity contribution in [1.82, 2.24) is 0 Å². The number of methoxy groups -OCH3 is 2. The van der Waals surface area contributed by atoms with E-state index in [0.29, 0.717) is 6.42 Å². The number of carbonyl (C=O) groups is 1. The summed E-state index contributed by atoms with van der Waals surface area (Å²) in [5.74, 6) is -0.860. The first-order chi connectivity index (χ1) is 10.4. The van der Waals surface area contributed by atoms with E-state index in [1.807, 2.05) is 13.8 Å². The molecule has 2 N–H and O–H groups in total. The highest BCUT2D eigenvalue weighted by atomic mass is 16.8. The van der Waals surface area contributed by atoms with E-state index in [-0.39, 0.29) is 30.3 Å². The fourth-order valence-corrected chi connectivity index (χ4v) is 3.03. The van der Waals surface area contributed by atoms with Crippen LogP contribution in [0.15, 0.2) is 0 Å². The third-order valence-electron chi connectivity index (χ3n) is 4.12. The van der Waals surface area contributed by atoms with E-state index in [0.717, 1.165) is 19.3 Å². The molecule has 0 radical (unpaired) electrons. The van der Waals surface area contributed by atoms with Gasteiger partial charge in [-0.1, -0.05) is 6.42 Å². The summed E-state index contributed by atoms with van der Waals surface area (Å²) in [6.07, 6.45) is 1.51. The van der Waals surface area contributed by atoms with Crippen molar-refractivity contribution in [3.63, 3.8) is 0 Å². The van der Waals surface area contributed by atoms with Crippen LogP contribution in [0, 0.1) is 0 Å². The van der Waals surface area contributed by atoms with Crippen LogP contribution in [0.25, 0.3) is 0 Å². The zero-order chi connectivity index (χ0) is 16.3. The molecule has 0 spiro atoms. The molecule has 22 heavy (non-hydrogen) atoms. The number of carbonyl (C=O) groups excluding carboxylic acids is 1. The van der Waals surface area contributed by atoms with E-state index in [4.69, 9.17) is 24.7 Å². The minimum atomic E-state index is -0.665. The van der Waals surface area contributed by atoms with Crippen LogP contribution < -0.4 is 5.73 Å². The molecule has 0 aliphatic carbocycles. The molecule has 0 aromatic carbocycles. The predicted molar refractivity (Wildman–Crippen MR) is 78.0 cm³/mol. The summed E-state index contributed by atoms with van der Waals surface area (Å²) in [6.45, 7) is 3.70. The lowest BCUT2D eigenvalue weighted by molar-refractivity contribution is -0.219. The highest BCUT2D eigenvalue weighted by Gasteiger charge is 2.56. The van der Waals surface area contributed by atoms with Crippen LogP contribution in [0.1, 0.15) is 39.5 Å². The molecule has 0 saturated carbocycles. The summed E-state index contributed by atoms with van der Waals surface area (Å²) in [6, 6.07) is -0.191. The summed E-state index contributed by atoms with van der Waals surface area (Å²) in [5.41, 5.74) is 6.23. The Morgan fingerprint density at radius 3 is 2.64 bits per heavy atom. The number of unbranched alkanes of at least 4 members (excludes halogenated alkanes) is 1. The summed E-state index contributed by atoms with van der Waals surface area (Å²) < 4.78 is 27.6. The van der Waals surface area contributed by atoms with E-state index >= 15 is 0 Å². The topological polar surface area (TPSA) is 89.2 Å². The zero-order valence-electron chi connectivity index (χ0n) is 13.7. The summed E-state index contributed by atoms with van der Waals surface area (Å²) >= 11 is 0. The quantitative estimate of drug-likeness (QED) is 0.552. The van der Waals surface area contributed by atoms with E-state index in [1.54, 1.807) is 7.11 Å². The van der Waals surface area contributed by atoms with Crippen molar-refractivity contribution >= 4 is 5.97 Å². The molecular weight excluding hydrogens is 290 g/mol. The van der Waals surface area contributed by atoms with Crippen LogP contribution in [0.2, 0.25) is 0 Å². The van der Waals surface area contributed by atoms with E-state index in [9.17, 15) is 4.79 Å². The second-order valence-corrected chi connectivity index (χ2v) is 6.26. The number of nitrogens with two attached hydrogens (primary N) is 1. The van der Waals surface area contributed by atoms with Gasteiger partial charge in [0, 0.05) is 19.6 Å². The molecule has 7 nitrogen and oxygen atoms in total. The van der Waals surface area contributed by atoms with Gasteiger partial charge in [-0.3, -0.25) is 4.79 Å². The van der Waals surface area contributed by atoms with E-state index in [1.165, 1.54) is 7.11 Å². The molecule has 2 saturated heterocycles. The Labute approximate surface area is 131 Å². The van der Waals surface area contributed by atoms with E-state index < -0.39 is 12.1 Å². The van der Waals surface area contributed by atoms with Gasteiger partial charge in [0.1, 0.15) is 18.3 Å². The third-order valence-corrected chi connectivity index (χ3v) is 4.12. The van der Waals surface area contributed by atoms with Crippen molar-refractivity contribution in [3.8, 4) is 0 Å². The third kappa shape index (κ3) is 3.97. The lowest BCUT2D eigenvalue weighted by Crippen LogP contribution is -2.46. The first-order valence-corrected chi connectivity index (χ1v) is 7.74. The van der Waals surface area contributed by atoms with Gasteiger partial charge in [0.15, 0.2) is 12.1 Å². The fourth-order valence-electron chi connectivity index (χ4n) is 3.03. The Morgan fingerprint density at radius 1 is 1.27 bits per heavy atom. The van der Waals surface area contributed by atoms with Crippen molar-refractivity contribution in [2.24, 2.45) is 5.73 Å². The summed E-state index contributed by atoms with van der Waals surface area (Å²) in [4.78, 5) is 11.1. The molecule has 0 aromatic heterocycles. The van der Waals surface area contributed by atoms with Gasteiger partial charge in [-0.2, -0.15) is 0 Å². The molecule has 128 valence electrons. The Bertz CT molecular complexity index is 388. The largest absolute Gasteiger partial charge is 0.469 e. The number of esters is 1. The molecular formula is C15H27NO6. The summed E-state index contributed by atoms with van der Waals surface area (Å²) in [7, 11) is 3.02. The lowest BCUT2D eigenvalue weighted by atomic mass is 9.99. The van der Waals surface area contributed by atoms with Crippen molar-refractivity contribution in [2.75, 3.05) is 14.2 Å². The van der Waals surface area contributed by atoms with Gasteiger partial charge >= 0.3 is 5.97 Å². The van der Waals surface area contributed by atoms with Crippen molar-refractivity contribution in [2.45, 2.75) is 76.0 Å². The SMILES string of the molecule is COC(=O)CCCC[C@H](N)[C@H]1O[C@@H]2OC(C)(C)O[C@@H]2[C@H]1OC. The predicted octanol–water partition coefficient (Wildman–Crippen LogP) is 0.939. The maximum atomic E-state index is 11.1. The van der Waals surface area contributed by atoms with Crippen LogP contribution in [-0.2, 0) is 28.5 Å². The van der Waals surface area contributed by atoms with Gasteiger partial charge in [-0.05, 0) is 26.7 Å². The highest BCUT2D eigenvalue weighted by molar-refractivity contribution is 5.68. The zero-order valence-corrected chi connectivity index (χ0v) is 13.7. The molecule has 2 fully saturated rings. The Kier molecular flexibility index (Phi) is 5.79. The van der Waals surface area contributed by atoms with Gasteiger partial charge in [-0.15, -0.1) is 0 Å². The van der Waals surface area contributed by atoms with Crippen LogP contribution in [0.3, 0.4) is 0 Å².